The summed E-state index contributed by atoms with van der Waals surface area (Å²) in [4.78, 5) is 19.8. The Balaban J connectivity index is 2.79. The molecule has 0 bridgehead atoms. The van der Waals surface area contributed by atoms with E-state index in [4.69, 9.17) is 23.2 Å². The molecule has 82 valence electrons. The number of hydrogen-bond acceptors (Lipinski definition) is 3. The van der Waals surface area contributed by atoms with E-state index in [1.54, 1.807) is 19.1 Å². The molecule has 0 fully saturated rings. The first-order valence-corrected chi connectivity index (χ1v) is 5.39. The summed E-state index contributed by atoms with van der Waals surface area (Å²) in [7, 11) is 0. The van der Waals surface area contributed by atoms with Crippen LogP contribution in [-0.4, -0.2) is 15.8 Å². The predicted molar refractivity (Wildman–Crippen MR) is 64.3 cm³/mol. The molecule has 0 aliphatic heterocycles. The summed E-state index contributed by atoms with van der Waals surface area (Å²) >= 11 is 11.8. The molecule has 0 N–H and O–H groups in total. The molecule has 5 heteroatoms. The molecule has 2 aromatic rings. The van der Waals surface area contributed by atoms with E-state index in [1.165, 1.54) is 6.92 Å². The van der Waals surface area contributed by atoms with Crippen LogP contribution in [0.5, 0.6) is 0 Å². The molecule has 0 saturated carbocycles. The Kier molecular flexibility index (Phi) is 2.82. The number of halogens is 2. The molecular formula is C11H8Cl2N2O. The average Bonchev–Trinajstić information content (AvgIpc) is 2.19. The zero-order valence-electron chi connectivity index (χ0n) is 8.71. The summed E-state index contributed by atoms with van der Waals surface area (Å²) in [5.74, 6) is -0.113. The third kappa shape index (κ3) is 1.88. The number of ketones is 1. The van der Waals surface area contributed by atoms with Crippen LogP contribution >= 0.6 is 23.2 Å². The molecule has 0 unspecified atom stereocenters. The van der Waals surface area contributed by atoms with E-state index in [0.717, 1.165) is 0 Å². The van der Waals surface area contributed by atoms with Crippen molar-refractivity contribution in [1.29, 1.82) is 0 Å². The number of fused-ring (bicyclic) bond motifs is 1. The molecule has 0 spiro atoms. The normalized spacial score (nSPS) is 10.8. The molecule has 1 heterocycles. The van der Waals surface area contributed by atoms with Gasteiger partial charge in [-0.2, -0.15) is 0 Å². The minimum Gasteiger partial charge on any atom is -0.293 e. The Morgan fingerprint density at radius 1 is 1.12 bits per heavy atom. The van der Waals surface area contributed by atoms with Crippen LogP contribution in [0.2, 0.25) is 10.0 Å². The summed E-state index contributed by atoms with van der Waals surface area (Å²) in [6, 6.07) is 3.25. The highest BCUT2D eigenvalue weighted by Gasteiger charge is 2.10. The second-order valence-corrected chi connectivity index (χ2v) is 4.28. The first-order chi connectivity index (χ1) is 7.49. The smallest absolute Gasteiger partial charge is 0.179 e. The third-order valence-electron chi connectivity index (χ3n) is 2.21. The number of aryl methyl sites for hydroxylation is 1. The molecule has 16 heavy (non-hydrogen) atoms. The van der Waals surface area contributed by atoms with Crippen molar-refractivity contribution in [2.24, 2.45) is 0 Å². The molecule has 0 amide bonds. The molecule has 0 saturated heterocycles. The first-order valence-electron chi connectivity index (χ1n) is 4.63. The van der Waals surface area contributed by atoms with Gasteiger partial charge in [-0.05, 0) is 19.1 Å². The van der Waals surface area contributed by atoms with Gasteiger partial charge in [0, 0.05) is 6.92 Å². The summed E-state index contributed by atoms with van der Waals surface area (Å²) in [5.41, 5.74) is 2.17. The van der Waals surface area contributed by atoms with Gasteiger partial charge >= 0.3 is 0 Å². The van der Waals surface area contributed by atoms with Crippen molar-refractivity contribution in [2.45, 2.75) is 13.8 Å². The fourth-order valence-electron chi connectivity index (χ4n) is 1.47. The lowest BCUT2D eigenvalue weighted by molar-refractivity contribution is 0.101. The van der Waals surface area contributed by atoms with Gasteiger partial charge in [-0.3, -0.25) is 4.79 Å². The zero-order chi connectivity index (χ0) is 11.9. The van der Waals surface area contributed by atoms with Gasteiger partial charge in [0.25, 0.3) is 0 Å². The zero-order valence-corrected chi connectivity index (χ0v) is 10.2. The van der Waals surface area contributed by atoms with Gasteiger partial charge in [-0.15, -0.1) is 0 Å². The molecular weight excluding hydrogens is 247 g/mol. The highest BCUT2D eigenvalue weighted by molar-refractivity contribution is 6.42. The largest absolute Gasteiger partial charge is 0.293 e. The van der Waals surface area contributed by atoms with Crippen LogP contribution in [0.15, 0.2) is 12.1 Å². The number of carbonyl (C=O) groups excluding carboxylic acids is 1. The molecule has 0 aliphatic carbocycles. The fraction of sp³-hybridized carbons (Fsp3) is 0.182. The Labute approximate surface area is 102 Å². The van der Waals surface area contributed by atoms with Crippen LogP contribution < -0.4 is 0 Å². The number of Topliss-reactive ketones (excluding diaryl/α,β-unsaturated/α-hetero) is 1. The van der Waals surface area contributed by atoms with Crippen molar-refractivity contribution in [1.82, 2.24) is 9.97 Å². The van der Waals surface area contributed by atoms with E-state index in [1.807, 2.05) is 0 Å². The molecule has 0 atom stereocenters. The molecule has 0 radical (unpaired) electrons. The van der Waals surface area contributed by atoms with Gasteiger partial charge in [0.1, 0.15) is 5.69 Å². The van der Waals surface area contributed by atoms with Crippen molar-refractivity contribution in [3.63, 3.8) is 0 Å². The van der Waals surface area contributed by atoms with E-state index < -0.39 is 0 Å². The summed E-state index contributed by atoms with van der Waals surface area (Å²) < 4.78 is 0. The van der Waals surface area contributed by atoms with Crippen LogP contribution in [-0.2, 0) is 0 Å². The maximum absolute atomic E-state index is 11.3. The molecule has 0 aliphatic rings. The predicted octanol–water partition coefficient (Wildman–Crippen LogP) is 3.45. The molecule has 3 nitrogen and oxygen atoms in total. The summed E-state index contributed by atoms with van der Waals surface area (Å²) in [5, 5.41) is 0.834. The lowest BCUT2D eigenvalue weighted by Crippen LogP contribution is -2.03. The Hall–Kier alpha value is -1.19. The number of nitrogens with zero attached hydrogens (tertiary/aromatic N) is 2. The Bertz CT molecular complexity index is 596. The van der Waals surface area contributed by atoms with Gasteiger partial charge in [0.15, 0.2) is 5.78 Å². The third-order valence-corrected chi connectivity index (χ3v) is 2.94. The van der Waals surface area contributed by atoms with Crippen molar-refractivity contribution < 1.29 is 4.79 Å². The van der Waals surface area contributed by atoms with Crippen LogP contribution in [0.4, 0.5) is 0 Å². The fourth-order valence-corrected chi connectivity index (χ4v) is 1.79. The minimum absolute atomic E-state index is 0.113. The number of carbonyl (C=O) groups is 1. The summed E-state index contributed by atoms with van der Waals surface area (Å²) in [6.45, 7) is 3.20. The van der Waals surface area contributed by atoms with Gasteiger partial charge < -0.3 is 0 Å². The standard InChI is InChI=1S/C11H8Cl2N2O/c1-5-11(6(2)16)15-10-4-8(13)7(12)3-9(10)14-5/h3-4H,1-2H3. The monoisotopic (exact) mass is 254 g/mol. The summed E-state index contributed by atoms with van der Waals surface area (Å²) in [6.07, 6.45) is 0. The Morgan fingerprint density at radius 2 is 1.62 bits per heavy atom. The quantitative estimate of drug-likeness (QED) is 0.733. The topological polar surface area (TPSA) is 42.9 Å². The SMILES string of the molecule is CC(=O)c1nc2cc(Cl)c(Cl)cc2nc1C. The van der Waals surface area contributed by atoms with Crippen molar-refractivity contribution in [2.75, 3.05) is 0 Å². The minimum atomic E-state index is -0.113. The second-order valence-electron chi connectivity index (χ2n) is 3.47. The lowest BCUT2D eigenvalue weighted by atomic mass is 10.2. The van der Waals surface area contributed by atoms with Crippen LogP contribution in [0, 0.1) is 6.92 Å². The highest BCUT2D eigenvalue weighted by atomic mass is 35.5. The van der Waals surface area contributed by atoms with Gasteiger partial charge in [0.05, 0.1) is 26.8 Å². The number of rotatable bonds is 1. The maximum Gasteiger partial charge on any atom is 0.179 e. The average molecular weight is 255 g/mol. The molecule has 2 rings (SSSR count). The van der Waals surface area contributed by atoms with Crippen LogP contribution in [0.1, 0.15) is 23.1 Å². The molecule has 1 aromatic carbocycles. The van der Waals surface area contributed by atoms with Crippen LogP contribution in [0.25, 0.3) is 11.0 Å². The molecule has 1 aromatic heterocycles. The number of hydrogen-bond donors (Lipinski definition) is 0. The Morgan fingerprint density at radius 3 is 2.12 bits per heavy atom. The number of aromatic nitrogens is 2. The van der Waals surface area contributed by atoms with Crippen molar-refractivity contribution >= 4 is 40.0 Å². The van der Waals surface area contributed by atoms with E-state index >= 15 is 0 Å². The van der Waals surface area contributed by atoms with Crippen molar-refractivity contribution in [3.8, 4) is 0 Å². The van der Waals surface area contributed by atoms with Crippen LogP contribution in [0.3, 0.4) is 0 Å². The van der Waals surface area contributed by atoms with E-state index in [9.17, 15) is 4.79 Å². The number of benzene rings is 1. The van der Waals surface area contributed by atoms with E-state index in [2.05, 4.69) is 9.97 Å². The second kappa shape index (κ2) is 4.00. The van der Waals surface area contributed by atoms with Gasteiger partial charge in [-0.1, -0.05) is 23.2 Å². The van der Waals surface area contributed by atoms with Crippen molar-refractivity contribution in [3.05, 3.63) is 33.6 Å². The maximum atomic E-state index is 11.3. The lowest BCUT2D eigenvalue weighted by Gasteiger charge is -2.04. The van der Waals surface area contributed by atoms with Gasteiger partial charge in [-0.25, -0.2) is 9.97 Å². The first kappa shape index (κ1) is 11.3. The van der Waals surface area contributed by atoms with E-state index in [-0.39, 0.29) is 5.78 Å². The van der Waals surface area contributed by atoms with Gasteiger partial charge in [0.2, 0.25) is 0 Å². The highest BCUT2D eigenvalue weighted by Crippen LogP contribution is 2.26. The van der Waals surface area contributed by atoms with E-state index in [0.29, 0.717) is 32.5 Å².